The molecule has 0 aliphatic carbocycles. The van der Waals surface area contributed by atoms with Crippen LogP contribution >= 0.6 is 11.3 Å². The van der Waals surface area contributed by atoms with Gasteiger partial charge in [0, 0.05) is 25.0 Å². The number of thiazole rings is 1. The van der Waals surface area contributed by atoms with E-state index in [9.17, 15) is 0 Å². The lowest BCUT2D eigenvalue weighted by Crippen LogP contribution is -2.36. The maximum atomic E-state index is 5.84. The molecule has 0 unspecified atom stereocenters. The Morgan fingerprint density at radius 3 is 2.86 bits per heavy atom. The van der Waals surface area contributed by atoms with Crippen LogP contribution in [-0.2, 0) is 13.0 Å². The summed E-state index contributed by atoms with van der Waals surface area (Å²) in [6.07, 6.45) is 4.52. The summed E-state index contributed by atoms with van der Waals surface area (Å²) in [4.78, 5) is 11.6. The van der Waals surface area contributed by atoms with Gasteiger partial charge in [0.2, 0.25) is 0 Å². The molecule has 1 aliphatic rings. The van der Waals surface area contributed by atoms with Crippen LogP contribution in [0.5, 0.6) is 0 Å². The number of aryl methyl sites for hydroxylation is 1. The molecule has 5 nitrogen and oxygen atoms in total. The molecule has 3 N–H and O–H groups in total. The maximum Gasteiger partial charge on any atom is 0.188 e. The average Bonchev–Trinajstić information content (AvgIpc) is 3.00. The minimum absolute atomic E-state index is 0.596. The summed E-state index contributed by atoms with van der Waals surface area (Å²) in [7, 11) is 0. The Bertz CT molecular complexity index is 463. The molecule has 0 saturated carbocycles. The second-order valence-corrected chi connectivity index (χ2v) is 6.90. The lowest BCUT2D eigenvalue weighted by atomic mass is 9.97. The Morgan fingerprint density at radius 1 is 1.45 bits per heavy atom. The van der Waals surface area contributed by atoms with E-state index in [1.807, 2.05) is 0 Å². The molecule has 1 aliphatic heterocycles. The number of hydrogen-bond donors (Lipinski definition) is 2. The first-order chi connectivity index (χ1) is 10.7. The highest BCUT2D eigenvalue weighted by Crippen LogP contribution is 2.20. The van der Waals surface area contributed by atoms with Gasteiger partial charge in [0.15, 0.2) is 5.96 Å². The number of nitrogens with one attached hydrogen (secondary N) is 1. The number of hydrogen-bond acceptors (Lipinski definition) is 4. The van der Waals surface area contributed by atoms with Gasteiger partial charge in [-0.25, -0.2) is 4.98 Å². The van der Waals surface area contributed by atoms with E-state index in [0.717, 1.165) is 45.6 Å². The van der Waals surface area contributed by atoms with Crippen molar-refractivity contribution in [3.63, 3.8) is 0 Å². The number of likely N-dealkylation sites (tertiary alicyclic amines) is 1. The van der Waals surface area contributed by atoms with Crippen molar-refractivity contribution in [3.05, 3.63) is 16.1 Å². The van der Waals surface area contributed by atoms with Crippen molar-refractivity contribution in [1.82, 2.24) is 15.2 Å². The number of rotatable bonds is 7. The molecule has 1 aromatic heterocycles. The van der Waals surface area contributed by atoms with Crippen LogP contribution in [0.2, 0.25) is 0 Å². The van der Waals surface area contributed by atoms with Gasteiger partial charge in [0.25, 0.3) is 0 Å². The van der Waals surface area contributed by atoms with Crippen molar-refractivity contribution < 1.29 is 0 Å². The molecule has 2 rings (SSSR count). The number of aliphatic imine (C=N–C) groups is 1. The van der Waals surface area contributed by atoms with E-state index in [0.29, 0.717) is 11.9 Å². The monoisotopic (exact) mass is 323 g/mol. The van der Waals surface area contributed by atoms with Gasteiger partial charge in [-0.1, -0.05) is 13.8 Å². The van der Waals surface area contributed by atoms with Gasteiger partial charge >= 0.3 is 0 Å². The second-order valence-electron chi connectivity index (χ2n) is 5.96. The van der Waals surface area contributed by atoms with Gasteiger partial charge < -0.3 is 11.1 Å². The van der Waals surface area contributed by atoms with Gasteiger partial charge in [0.05, 0.1) is 10.7 Å². The highest BCUT2D eigenvalue weighted by molar-refractivity contribution is 7.09. The standard InChI is InChI=1S/C16H29N5S/c1-3-7-18-16(17)19-10-13-5-8-21(9-6-13)11-14-12-22-15(4-2)20-14/h12-13H,3-11H2,1-2H3,(H3,17,18,19). The molecule has 2 heterocycles. The van der Waals surface area contributed by atoms with Gasteiger partial charge in [-0.3, -0.25) is 9.89 Å². The van der Waals surface area contributed by atoms with Gasteiger partial charge in [-0.05, 0) is 44.7 Å². The predicted octanol–water partition coefficient (Wildman–Crippen LogP) is 2.23. The van der Waals surface area contributed by atoms with Crippen LogP contribution in [0.3, 0.4) is 0 Å². The zero-order valence-electron chi connectivity index (χ0n) is 13.8. The predicted molar refractivity (Wildman–Crippen MR) is 94.3 cm³/mol. The largest absolute Gasteiger partial charge is 0.370 e. The van der Waals surface area contributed by atoms with Crippen molar-refractivity contribution in [2.75, 3.05) is 26.2 Å². The van der Waals surface area contributed by atoms with Gasteiger partial charge in [0.1, 0.15) is 0 Å². The van der Waals surface area contributed by atoms with Crippen molar-refractivity contribution in [3.8, 4) is 0 Å². The molecule has 1 saturated heterocycles. The molecular weight excluding hydrogens is 294 g/mol. The van der Waals surface area contributed by atoms with E-state index in [2.05, 4.69) is 39.4 Å². The highest BCUT2D eigenvalue weighted by atomic mass is 32.1. The molecule has 0 aromatic carbocycles. The Kier molecular flexibility index (Phi) is 7.12. The van der Waals surface area contributed by atoms with Crippen LogP contribution < -0.4 is 11.1 Å². The third-order valence-corrected chi connectivity index (χ3v) is 5.11. The molecule has 0 radical (unpaired) electrons. The fourth-order valence-corrected chi connectivity index (χ4v) is 3.41. The van der Waals surface area contributed by atoms with E-state index in [1.165, 1.54) is 23.5 Å². The van der Waals surface area contributed by atoms with Crippen LogP contribution in [0.15, 0.2) is 10.4 Å². The lowest BCUT2D eigenvalue weighted by molar-refractivity contribution is 0.179. The van der Waals surface area contributed by atoms with E-state index in [4.69, 9.17) is 5.73 Å². The summed E-state index contributed by atoms with van der Waals surface area (Å²) >= 11 is 1.78. The molecule has 1 aromatic rings. The molecule has 1 fully saturated rings. The first-order valence-electron chi connectivity index (χ1n) is 8.40. The molecule has 0 atom stereocenters. The molecule has 6 heteroatoms. The SMILES string of the molecule is CCCNC(N)=NCC1CCN(Cc2csc(CC)n2)CC1. The van der Waals surface area contributed by atoms with Crippen LogP contribution in [0, 0.1) is 5.92 Å². The fourth-order valence-electron chi connectivity index (χ4n) is 2.68. The molecular formula is C16H29N5S. The lowest BCUT2D eigenvalue weighted by Gasteiger charge is -2.30. The summed E-state index contributed by atoms with van der Waals surface area (Å²) in [5.41, 5.74) is 7.07. The third kappa shape index (κ3) is 5.57. The summed E-state index contributed by atoms with van der Waals surface area (Å²) in [5, 5.41) is 6.58. The van der Waals surface area contributed by atoms with Crippen LogP contribution in [0.25, 0.3) is 0 Å². The van der Waals surface area contributed by atoms with Crippen molar-refractivity contribution in [2.45, 2.75) is 46.1 Å². The van der Waals surface area contributed by atoms with E-state index in [-0.39, 0.29) is 0 Å². The zero-order chi connectivity index (χ0) is 15.8. The number of nitrogens with zero attached hydrogens (tertiary/aromatic N) is 3. The van der Waals surface area contributed by atoms with Crippen LogP contribution in [0.4, 0.5) is 0 Å². The number of piperidine rings is 1. The third-order valence-electron chi connectivity index (χ3n) is 4.07. The van der Waals surface area contributed by atoms with Crippen LogP contribution in [0.1, 0.15) is 43.8 Å². The highest BCUT2D eigenvalue weighted by Gasteiger charge is 2.19. The number of aromatic nitrogens is 1. The van der Waals surface area contributed by atoms with Gasteiger partial charge in [-0.15, -0.1) is 11.3 Å². The molecule has 0 bridgehead atoms. The van der Waals surface area contributed by atoms with E-state index < -0.39 is 0 Å². The molecule has 0 spiro atoms. The molecule has 124 valence electrons. The second kappa shape index (κ2) is 9.10. The molecule has 0 amide bonds. The maximum absolute atomic E-state index is 5.84. The Balaban J connectivity index is 1.69. The van der Waals surface area contributed by atoms with Crippen molar-refractivity contribution in [2.24, 2.45) is 16.6 Å². The van der Waals surface area contributed by atoms with E-state index >= 15 is 0 Å². The molecule has 22 heavy (non-hydrogen) atoms. The first kappa shape index (κ1) is 17.2. The topological polar surface area (TPSA) is 66.5 Å². The summed E-state index contributed by atoms with van der Waals surface area (Å²) < 4.78 is 0. The van der Waals surface area contributed by atoms with Crippen molar-refractivity contribution >= 4 is 17.3 Å². The normalized spacial score (nSPS) is 17.8. The van der Waals surface area contributed by atoms with Gasteiger partial charge in [-0.2, -0.15) is 0 Å². The van der Waals surface area contributed by atoms with Crippen LogP contribution in [-0.4, -0.2) is 42.0 Å². The van der Waals surface area contributed by atoms with E-state index in [1.54, 1.807) is 11.3 Å². The minimum atomic E-state index is 0.596. The Hall–Kier alpha value is -1.14. The zero-order valence-corrected chi connectivity index (χ0v) is 14.7. The summed E-state index contributed by atoms with van der Waals surface area (Å²) in [6.45, 7) is 9.32. The van der Waals surface area contributed by atoms with Crippen molar-refractivity contribution in [1.29, 1.82) is 0 Å². The number of guanidine groups is 1. The quantitative estimate of drug-likeness (QED) is 0.596. The average molecular weight is 324 g/mol. The Labute approximate surface area is 138 Å². The summed E-state index contributed by atoms with van der Waals surface area (Å²) in [5.74, 6) is 1.26. The number of nitrogens with two attached hydrogens (primary N) is 1. The Morgan fingerprint density at radius 2 is 2.23 bits per heavy atom. The first-order valence-corrected chi connectivity index (χ1v) is 9.28. The summed E-state index contributed by atoms with van der Waals surface area (Å²) in [6, 6.07) is 0. The minimum Gasteiger partial charge on any atom is -0.370 e. The smallest absolute Gasteiger partial charge is 0.188 e. The fraction of sp³-hybridized carbons (Fsp3) is 0.750.